The van der Waals surface area contributed by atoms with Gasteiger partial charge in [0.15, 0.2) is 0 Å². The van der Waals surface area contributed by atoms with E-state index in [9.17, 15) is 9.59 Å². The molecule has 6 heteroatoms. The second kappa shape index (κ2) is 7.99. The number of esters is 1. The third kappa shape index (κ3) is 3.89. The molecule has 1 amide bonds. The molecule has 0 aromatic heterocycles. The van der Waals surface area contributed by atoms with Crippen LogP contribution in [0.3, 0.4) is 0 Å². The Morgan fingerprint density at radius 2 is 2.19 bits per heavy atom. The number of carbonyl (C=O) groups is 2. The number of hydrogen-bond acceptors (Lipinski definition) is 4. The summed E-state index contributed by atoms with van der Waals surface area (Å²) in [6, 6.07) is 0. The van der Waals surface area contributed by atoms with Gasteiger partial charge in [-0.05, 0) is 32.2 Å². The van der Waals surface area contributed by atoms with Crippen LogP contribution in [0.25, 0.3) is 0 Å². The van der Waals surface area contributed by atoms with Crippen LogP contribution in [0, 0.1) is 17.3 Å². The van der Waals surface area contributed by atoms with Crippen LogP contribution in [-0.4, -0.2) is 38.1 Å². The zero-order valence-electron chi connectivity index (χ0n) is 12.9. The molecule has 21 heavy (non-hydrogen) atoms. The third-order valence-electron chi connectivity index (χ3n) is 4.75. The number of fused-ring (bicyclic) bond motifs is 1. The lowest BCUT2D eigenvalue weighted by atomic mass is 9.67. The average Bonchev–Trinajstić information content (AvgIpc) is 2.89. The van der Waals surface area contributed by atoms with Crippen LogP contribution < -0.4 is 10.6 Å². The normalized spacial score (nSPS) is 29.0. The second-order valence-electron chi connectivity index (χ2n) is 6.09. The molecular formula is C15H27ClN2O3. The Labute approximate surface area is 133 Å². The van der Waals surface area contributed by atoms with Crippen molar-refractivity contribution in [2.45, 2.75) is 39.5 Å². The van der Waals surface area contributed by atoms with Crippen molar-refractivity contribution in [3.05, 3.63) is 0 Å². The maximum absolute atomic E-state index is 12.6. The maximum Gasteiger partial charge on any atom is 0.310 e. The molecule has 1 heterocycles. The Bertz CT molecular complexity index is 378. The predicted molar refractivity (Wildman–Crippen MR) is 83.3 cm³/mol. The van der Waals surface area contributed by atoms with Crippen LogP contribution >= 0.6 is 12.4 Å². The van der Waals surface area contributed by atoms with Gasteiger partial charge in [0.2, 0.25) is 5.91 Å². The first kappa shape index (κ1) is 18.2. The molecule has 1 aliphatic carbocycles. The van der Waals surface area contributed by atoms with E-state index in [-0.39, 0.29) is 35.6 Å². The van der Waals surface area contributed by atoms with E-state index in [0.29, 0.717) is 19.1 Å². The van der Waals surface area contributed by atoms with Crippen molar-refractivity contribution in [1.29, 1.82) is 0 Å². The van der Waals surface area contributed by atoms with Crippen LogP contribution in [0.5, 0.6) is 0 Å². The summed E-state index contributed by atoms with van der Waals surface area (Å²) in [4.78, 5) is 24.2. The lowest BCUT2D eigenvalue weighted by Gasteiger charge is -2.37. The van der Waals surface area contributed by atoms with Gasteiger partial charge in [0, 0.05) is 13.1 Å². The highest BCUT2D eigenvalue weighted by Gasteiger charge is 2.49. The quantitative estimate of drug-likeness (QED) is 0.754. The first-order chi connectivity index (χ1) is 9.60. The fraction of sp³-hybridized carbons (Fsp3) is 0.867. The standard InChI is InChI=1S/C15H26N2O3.ClH/c1-3-20-13(18)11(2)8-17-14(19)15-7-5-4-6-12(15)9-16-10-15;/h11-12,16H,3-10H2,1-2H3,(H,17,19);1H/t11?,12-,15+;/m0./s1. The molecule has 2 N–H and O–H groups in total. The van der Waals surface area contributed by atoms with Crippen molar-refractivity contribution >= 4 is 24.3 Å². The fourth-order valence-corrected chi connectivity index (χ4v) is 3.48. The summed E-state index contributed by atoms with van der Waals surface area (Å²) in [6.07, 6.45) is 4.44. The zero-order chi connectivity index (χ0) is 14.6. The van der Waals surface area contributed by atoms with Gasteiger partial charge in [-0.1, -0.05) is 19.8 Å². The summed E-state index contributed by atoms with van der Waals surface area (Å²) in [7, 11) is 0. The summed E-state index contributed by atoms with van der Waals surface area (Å²) in [5, 5.41) is 6.34. The molecule has 0 aromatic carbocycles. The lowest BCUT2D eigenvalue weighted by Crippen LogP contribution is -2.49. The molecule has 1 aliphatic heterocycles. The van der Waals surface area contributed by atoms with Gasteiger partial charge in [0.1, 0.15) is 0 Å². The number of rotatable bonds is 5. The Balaban J connectivity index is 0.00000220. The topological polar surface area (TPSA) is 67.4 Å². The van der Waals surface area contributed by atoms with Gasteiger partial charge in [-0.25, -0.2) is 0 Å². The summed E-state index contributed by atoms with van der Waals surface area (Å²) >= 11 is 0. The van der Waals surface area contributed by atoms with Crippen molar-refractivity contribution in [3.63, 3.8) is 0 Å². The van der Waals surface area contributed by atoms with E-state index < -0.39 is 0 Å². The van der Waals surface area contributed by atoms with Gasteiger partial charge >= 0.3 is 5.97 Å². The minimum atomic E-state index is -0.285. The first-order valence-electron chi connectivity index (χ1n) is 7.76. The van der Waals surface area contributed by atoms with Gasteiger partial charge in [-0.2, -0.15) is 0 Å². The molecule has 2 rings (SSSR count). The van der Waals surface area contributed by atoms with Gasteiger partial charge in [-0.3, -0.25) is 9.59 Å². The van der Waals surface area contributed by atoms with Crippen molar-refractivity contribution in [3.8, 4) is 0 Å². The van der Waals surface area contributed by atoms with Crippen LogP contribution in [0.4, 0.5) is 0 Å². The number of halogens is 1. The number of nitrogens with one attached hydrogen (secondary N) is 2. The Morgan fingerprint density at radius 1 is 1.43 bits per heavy atom. The van der Waals surface area contributed by atoms with Crippen molar-refractivity contribution in [1.82, 2.24) is 10.6 Å². The largest absolute Gasteiger partial charge is 0.466 e. The van der Waals surface area contributed by atoms with E-state index in [1.54, 1.807) is 13.8 Å². The summed E-state index contributed by atoms with van der Waals surface area (Å²) in [6.45, 7) is 6.05. The zero-order valence-corrected chi connectivity index (χ0v) is 13.8. The molecule has 1 unspecified atom stereocenters. The van der Waals surface area contributed by atoms with E-state index in [1.807, 2.05) is 0 Å². The second-order valence-corrected chi connectivity index (χ2v) is 6.09. The minimum Gasteiger partial charge on any atom is -0.466 e. The molecule has 0 aromatic rings. The molecule has 1 saturated heterocycles. The van der Waals surface area contributed by atoms with Crippen molar-refractivity contribution in [2.24, 2.45) is 17.3 Å². The molecule has 0 radical (unpaired) electrons. The molecule has 0 bridgehead atoms. The number of amides is 1. The molecule has 2 fully saturated rings. The van der Waals surface area contributed by atoms with Crippen molar-refractivity contribution < 1.29 is 14.3 Å². The highest BCUT2D eigenvalue weighted by Crippen LogP contribution is 2.43. The molecule has 1 saturated carbocycles. The van der Waals surface area contributed by atoms with Gasteiger partial charge in [-0.15, -0.1) is 12.4 Å². The fourth-order valence-electron chi connectivity index (χ4n) is 3.48. The summed E-state index contributed by atoms with van der Waals surface area (Å²) in [5.41, 5.74) is -0.243. The molecule has 2 aliphatic rings. The minimum absolute atomic E-state index is 0. The van der Waals surface area contributed by atoms with E-state index in [1.165, 1.54) is 6.42 Å². The van der Waals surface area contributed by atoms with E-state index in [0.717, 1.165) is 32.4 Å². The third-order valence-corrected chi connectivity index (χ3v) is 4.75. The van der Waals surface area contributed by atoms with Gasteiger partial charge < -0.3 is 15.4 Å². The number of hydrogen-bond donors (Lipinski definition) is 2. The van der Waals surface area contributed by atoms with E-state index in [2.05, 4.69) is 10.6 Å². The smallest absolute Gasteiger partial charge is 0.310 e. The Kier molecular flexibility index (Phi) is 6.94. The number of carbonyl (C=O) groups excluding carboxylic acids is 2. The van der Waals surface area contributed by atoms with Crippen LogP contribution in [-0.2, 0) is 14.3 Å². The molecule has 5 nitrogen and oxygen atoms in total. The van der Waals surface area contributed by atoms with Crippen LogP contribution in [0.2, 0.25) is 0 Å². The highest BCUT2D eigenvalue weighted by molar-refractivity contribution is 5.85. The van der Waals surface area contributed by atoms with E-state index >= 15 is 0 Å². The Morgan fingerprint density at radius 3 is 2.90 bits per heavy atom. The molecule has 3 atom stereocenters. The van der Waals surface area contributed by atoms with Crippen LogP contribution in [0.1, 0.15) is 39.5 Å². The predicted octanol–water partition coefficient (Wildman–Crippen LogP) is 1.50. The van der Waals surface area contributed by atoms with Gasteiger partial charge in [0.25, 0.3) is 0 Å². The summed E-state index contributed by atoms with van der Waals surface area (Å²) < 4.78 is 4.96. The van der Waals surface area contributed by atoms with Gasteiger partial charge in [0.05, 0.1) is 17.9 Å². The molecule has 122 valence electrons. The lowest BCUT2D eigenvalue weighted by molar-refractivity contribution is -0.147. The van der Waals surface area contributed by atoms with E-state index in [4.69, 9.17) is 4.74 Å². The average molecular weight is 319 g/mol. The Hall–Kier alpha value is -0.810. The van der Waals surface area contributed by atoms with Crippen molar-refractivity contribution in [2.75, 3.05) is 26.2 Å². The molecule has 0 spiro atoms. The van der Waals surface area contributed by atoms with Crippen LogP contribution in [0.15, 0.2) is 0 Å². The number of ether oxygens (including phenoxy) is 1. The first-order valence-corrected chi connectivity index (χ1v) is 7.76. The maximum atomic E-state index is 12.6. The molecular weight excluding hydrogens is 292 g/mol. The highest BCUT2D eigenvalue weighted by atomic mass is 35.5. The monoisotopic (exact) mass is 318 g/mol. The SMILES string of the molecule is CCOC(=O)C(C)CNC(=O)[C@@]12CCCC[C@H]1CNC2.Cl. The summed E-state index contributed by atoms with van der Waals surface area (Å²) in [5.74, 6) is 0.0410.